The second-order valence-electron chi connectivity index (χ2n) is 4.73. The monoisotopic (exact) mass is 352 g/mol. The van der Waals surface area contributed by atoms with Crippen LogP contribution in [0.25, 0.3) is 0 Å². The summed E-state index contributed by atoms with van der Waals surface area (Å²) in [5.74, 6) is -0.620. The lowest BCUT2D eigenvalue weighted by Crippen LogP contribution is -2.28. The maximum absolute atomic E-state index is 11.9. The van der Waals surface area contributed by atoms with Crippen molar-refractivity contribution in [2.45, 2.75) is 13.0 Å². The summed E-state index contributed by atoms with van der Waals surface area (Å²) in [6.07, 6.45) is -0.905. The van der Waals surface area contributed by atoms with Crippen LogP contribution in [0.1, 0.15) is 17.3 Å². The number of carbonyl (C=O) groups is 2. The Morgan fingerprint density at radius 2 is 1.78 bits per heavy atom. The molecule has 0 spiro atoms. The van der Waals surface area contributed by atoms with Crippen LogP contribution in [-0.4, -0.2) is 24.5 Å². The Morgan fingerprint density at radius 3 is 2.43 bits per heavy atom. The summed E-state index contributed by atoms with van der Waals surface area (Å²) in [5.41, 5.74) is 0.481. The van der Waals surface area contributed by atoms with E-state index in [1.165, 1.54) is 13.0 Å². The molecule has 4 nitrogen and oxygen atoms in total. The van der Waals surface area contributed by atoms with Crippen molar-refractivity contribution in [2.24, 2.45) is 0 Å². The van der Waals surface area contributed by atoms with Crippen molar-refractivity contribution in [3.63, 3.8) is 0 Å². The third-order valence-electron chi connectivity index (χ3n) is 2.97. The van der Waals surface area contributed by atoms with Crippen LogP contribution >= 0.6 is 23.2 Å². The Hall–Kier alpha value is -2.04. The van der Waals surface area contributed by atoms with Crippen molar-refractivity contribution in [1.82, 2.24) is 0 Å². The Kier molecular flexibility index (Phi) is 6.02. The fourth-order valence-electron chi connectivity index (χ4n) is 1.77. The molecule has 2 aromatic rings. The van der Waals surface area contributed by atoms with Gasteiger partial charge in [0.05, 0.1) is 5.02 Å². The molecule has 0 heterocycles. The minimum Gasteiger partial charge on any atom is -0.477 e. The second-order valence-corrected chi connectivity index (χ2v) is 5.58. The number of ketones is 1. The maximum Gasteiger partial charge on any atom is 0.347 e. The SMILES string of the molecule is C[C@H](Oc1ccc(Cl)cc1Cl)C(=O)OCC(=O)c1ccccc1. The molecule has 0 saturated heterocycles. The van der Waals surface area contributed by atoms with E-state index in [0.29, 0.717) is 16.3 Å². The van der Waals surface area contributed by atoms with Crippen molar-refractivity contribution in [3.05, 3.63) is 64.1 Å². The van der Waals surface area contributed by atoms with Gasteiger partial charge in [0.15, 0.2) is 18.5 Å². The number of hydrogen-bond donors (Lipinski definition) is 0. The molecule has 0 saturated carbocycles. The van der Waals surface area contributed by atoms with Gasteiger partial charge in [0.2, 0.25) is 0 Å². The molecule has 6 heteroatoms. The van der Waals surface area contributed by atoms with Crippen molar-refractivity contribution in [3.8, 4) is 5.75 Å². The normalized spacial score (nSPS) is 11.6. The van der Waals surface area contributed by atoms with Crippen molar-refractivity contribution < 1.29 is 19.1 Å². The molecule has 120 valence electrons. The van der Waals surface area contributed by atoms with Crippen LogP contribution in [0, 0.1) is 0 Å². The lowest BCUT2D eigenvalue weighted by Gasteiger charge is -2.14. The van der Waals surface area contributed by atoms with E-state index in [4.69, 9.17) is 32.7 Å². The first-order valence-corrected chi connectivity index (χ1v) is 7.59. The zero-order chi connectivity index (χ0) is 16.8. The molecule has 0 radical (unpaired) electrons. The fourth-order valence-corrected chi connectivity index (χ4v) is 2.22. The third-order valence-corrected chi connectivity index (χ3v) is 3.50. The molecule has 0 bridgehead atoms. The number of carbonyl (C=O) groups excluding carboxylic acids is 2. The predicted octanol–water partition coefficient (Wildman–Crippen LogP) is 4.19. The first-order chi connectivity index (χ1) is 11.0. The summed E-state index contributed by atoms with van der Waals surface area (Å²) < 4.78 is 10.4. The third kappa shape index (κ3) is 4.98. The number of halogens is 2. The molecule has 0 aliphatic heterocycles. The highest BCUT2D eigenvalue weighted by Crippen LogP contribution is 2.28. The highest BCUT2D eigenvalue weighted by Gasteiger charge is 2.19. The van der Waals surface area contributed by atoms with Crippen LogP contribution in [0.4, 0.5) is 0 Å². The van der Waals surface area contributed by atoms with Crippen molar-refractivity contribution in [2.75, 3.05) is 6.61 Å². The predicted molar refractivity (Wildman–Crippen MR) is 88.3 cm³/mol. The van der Waals surface area contributed by atoms with Gasteiger partial charge in [0.1, 0.15) is 5.75 Å². The summed E-state index contributed by atoms with van der Waals surface area (Å²) in [4.78, 5) is 23.8. The van der Waals surface area contributed by atoms with Gasteiger partial charge >= 0.3 is 5.97 Å². The zero-order valence-corrected chi connectivity index (χ0v) is 13.8. The molecule has 2 aromatic carbocycles. The van der Waals surface area contributed by atoms with E-state index in [1.54, 1.807) is 42.5 Å². The van der Waals surface area contributed by atoms with E-state index < -0.39 is 12.1 Å². The van der Waals surface area contributed by atoms with Crippen LogP contribution in [0.2, 0.25) is 10.0 Å². The van der Waals surface area contributed by atoms with Crippen molar-refractivity contribution >= 4 is 35.0 Å². The summed E-state index contributed by atoms with van der Waals surface area (Å²) in [6.45, 7) is 1.17. The number of rotatable bonds is 6. The topological polar surface area (TPSA) is 52.6 Å². The molecular weight excluding hydrogens is 339 g/mol. The van der Waals surface area contributed by atoms with E-state index in [1.807, 2.05) is 0 Å². The number of hydrogen-bond acceptors (Lipinski definition) is 4. The summed E-state index contributed by atoms with van der Waals surface area (Å²) >= 11 is 11.8. The summed E-state index contributed by atoms with van der Waals surface area (Å²) in [5, 5.41) is 0.753. The van der Waals surface area contributed by atoms with Gasteiger partial charge in [-0.15, -0.1) is 0 Å². The molecule has 2 rings (SSSR count). The quantitative estimate of drug-likeness (QED) is 0.577. The first-order valence-electron chi connectivity index (χ1n) is 6.84. The molecule has 1 atom stereocenters. The average molecular weight is 353 g/mol. The molecule has 0 unspecified atom stereocenters. The number of esters is 1. The first kappa shape index (κ1) is 17.3. The maximum atomic E-state index is 11.9. The van der Waals surface area contributed by atoms with Gasteiger partial charge in [-0.05, 0) is 25.1 Å². The minimum absolute atomic E-state index is 0.282. The molecule has 23 heavy (non-hydrogen) atoms. The Balaban J connectivity index is 1.89. The lowest BCUT2D eigenvalue weighted by atomic mass is 10.1. The van der Waals surface area contributed by atoms with Gasteiger partial charge in [0, 0.05) is 10.6 Å². The molecule has 0 aromatic heterocycles. The number of ether oxygens (including phenoxy) is 2. The standard InChI is InChI=1S/C17H14Cl2O4/c1-11(23-16-8-7-13(18)9-14(16)19)17(21)22-10-15(20)12-5-3-2-4-6-12/h2-9,11H,10H2,1H3/t11-/m0/s1. The van der Waals surface area contributed by atoms with E-state index in [2.05, 4.69) is 0 Å². The van der Waals surface area contributed by atoms with E-state index in [0.717, 1.165) is 0 Å². The Bertz CT molecular complexity index is 701. The largest absolute Gasteiger partial charge is 0.477 e. The van der Waals surface area contributed by atoms with E-state index >= 15 is 0 Å². The van der Waals surface area contributed by atoms with Crippen LogP contribution in [0.15, 0.2) is 48.5 Å². The highest BCUT2D eigenvalue weighted by atomic mass is 35.5. The smallest absolute Gasteiger partial charge is 0.347 e. The Morgan fingerprint density at radius 1 is 1.09 bits per heavy atom. The number of Topliss-reactive ketones (excluding diaryl/α,β-unsaturated/α-hetero) is 1. The molecule has 0 amide bonds. The van der Waals surface area contributed by atoms with E-state index in [9.17, 15) is 9.59 Å². The fraction of sp³-hybridized carbons (Fsp3) is 0.176. The average Bonchev–Trinajstić information content (AvgIpc) is 2.55. The van der Waals surface area contributed by atoms with Gasteiger partial charge in [-0.2, -0.15) is 0 Å². The lowest BCUT2D eigenvalue weighted by molar-refractivity contribution is -0.149. The number of benzene rings is 2. The van der Waals surface area contributed by atoms with Crippen LogP contribution in [0.5, 0.6) is 5.75 Å². The molecule has 0 fully saturated rings. The van der Waals surface area contributed by atoms with Crippen LogP contribution < -0.4 is 4.74 Å². The highest BCUT2D eigenvalue weighted by molar-refractivity contribution is 6.35. The van der Waals surface area contributed by atoms with Crippen molar-refractivity contribution in [1.29, 1.82) is 0 Å². The second kappa shape index (κ2) is 7.99. The Labute approximate surface area is 143 Å². The molecule has 0 aliphatic carbocycles. The van der Waals surface area contributed by atoms with Gasteiger partial charge < -0.3 is 9.47 Å². The molecule has 0 aliphatic rings. The van der Waals surface area contributed by atoms with Gasteiger partial charge in [-0.25, -0.2) is 4.79 Å². The van der Waals surface area contributed by atoms with Gasteiger partial charge in [-0.3, -0.25) is 4.79 Å². The minimum atomic E-state index is -0.905. The molecule has 0 N–H and O–H groups in total. The summed E-state index contributed by atoms with van der Waals surface area (Å²) in [6, 6.07) is 13.3. The van der Waals surface area contributed by atoms with E-state index in [-0.39, 0.29) is 17.4 Å². The molecular formula is C17H14Cl2O4. The van der Waals surface area contributed by atoms with Crippen LogP contribution in [0.3, 0.4) is 0 Å². The summed E-state index contributed by atoms with van der Waals surface area (Å²) in [7, 11) is 0. The van der Waals surface area contributed by atoms with Gasteiger partial charge in [0.25, 0.3) is 0 Å². The van der Waals surface area contributed by atoms with Crippen LogP contribution in [-0.2, 0) is 9.53 Å². The van der Waals surface area contributed by atoms with Gasteiger partial charge in [-0.1, -0.05) is 53.5 Å². The zero-order valence-electron chi connectivity index (χ0n) is 12.3.